The zero-order valence-electron chi connectivity index (χ0n) is 18.0. The number of hydrogen-bond acceptors (Lipinski definition) is 5. The highest BCUT2D eigenvalue weighted by molar-refractivity contribution is 7.89. The van der Waals surface area contributed by atoms with E-state index in [2.05, 4.69) is 0 Å². The van der Waals surface area contributed by atoms with Gasteiger partial charge in [-0.15, -0.1) is 0 Å². The lowest BCUT2D eigenvalue weighted by atomic mass is 10.2. The molecule has 3 aromatic carbocycles. The minimum absolute atomic E-state index is 0.168. The van der Waals surface area contributed by atoms with E-state index < -0.39 is 10.0 Å². The molecule has 6 nitrogen and oxygen atoms in total. The average Bonchev–Trinajstić information content (AvgIpc) is 3.15. The van der Waals surface area contributed by atoms with E-state index in [4.69, 9.17) is 11.6 Å². The molecule has 176 valence electrons. The fourth-order valence-electron chi connectivity index (χ4n) is 4.14. The van der Waals surface area contributed by atoms with Crippen LogP contribution in [0.4, 0.5) is 10.1 Å². The lowest BCUT2D eigenvalue weighted by Crippen LogP contribution is -2.48. The van der Waals surface area contributed by atoms with Gasteiger partial charge in [-0.05, 0) is 54.1 Å². The highest BCUT2D eigenvalue weighted by Gasteiger charge is 2.29. The SMILES string of the molecule is O=c1sc2cc(S(=O)(=O)N3CCN(c4ccc(F)cc4)CC3)ccc2n1Cc1ccccc1Cl. The molecule has 1 fully saturated rings. The molecule has 1 saturated heterocycles. The molecule has 0 N–H and O–H groups in total. The summed E-state index contributed by atoms with van der Waals surface area (Å²) in [4.78, 5) is 14.7. The normalized spacial score (nSPS) is 15.2. The van der Waals surface area contributed by atoms with Gasteiger partial charge in [0.2, 0.25) is 10.0 Å². The predicted octanol–water partition coefficient (Wildman–Crippen LogP) is 4.41. The van der Waals surface area contributed by atoms with Crippen molar-refractivity contribution in [1.29, 1.82) is 0 Å². The van der Waals surface area contributed by atoms with Gasteiger partial charge < -0.3 is 4.90 Å². The number of thiazole rings is 1. The number of fused-ring (bicyclic) bond motifs is 1. The lowest BCUT2D eigenvalue weighted by Gasteiger charge is -2.35. The van der Waals surface area contributed by atoms with Gasteiger partial charge in [-0.2, -0.15) is 4.31 Å². The molecule has 0 radical (unpaired) electrons. The predicted molar refractivity (Wildman–Crippen MR) is 134 cm³/mol. The van der Waals surface area contributed by atoms with E-state index in [0.717, 1.165) is 22.6 Å². The number of anilines is 1. The molecule has 0 unspecified atom stereocenters. The van der Waals surface area contributed by atoms with Crippen LogP contribution < -0.4 is 9.77 Å². The van der Waals surface area contributed by atoms with Crippen LogP contribution in [0.15, 0.2) is 76.4 Å². The zero-order valence-corrected chi connectivity index (χ0v) is 20.4. The van der Waals surface area contributed by atoms with Crippen molar-refractivity contribution < 1.29 is 12.8 Å². The first-order chi connectivity index (χ1) is 16.3. The van der Waals surface area contributed by atoms with Gasteiger partial charge >= 0.3 is 4.87 Å². The molecule has 0 atom stereocenters. The highest BCUT2D eigenvalue weighted by Crippen LogP contribution is 2.27. The summed E-state index contributed by atoms with van der Waals surface area (Å²) >= 11 is 7.28. The molecule has 5 rings (SSSR count). The Bertz CT molecular complexity index is 1510. The van der Waals surface area contributed by atoms with Crippen LogP contribution in [0.1, 0.15) is 5.56 Å². The fourth-order valence-corrected chi connectivity index (χ4v) is 6.79. The van der Waals surface area contributed by atoms with Crippen molar-refractivity contribution in [3.63, 3.8) is 0 Å². The Kier molecular flexibility index (Phi) is 6.20. The molecule has 1 aromatic heterocycles. The van der Waals surface area contributed by atoms with E-state index in [1.807, 2.05) is 23.1 Å². The Morgan fingerprint density at radius 1 is 0.941 bits per heavy atom. The van der Waals surface area contributed by atoms with Crippen LogP contribution in [0.3, 0.4) is 0 Å². The minimum atomic E-state index is -3.71. The summed E-state index contributed by atoms with van der Waals surface area (Å²) in [6.45, 7) is 1.97. The van der Waals surface area contributed by atoms with Crippen molar-refractivity contribution in [2.24, 2.45) is 0 Å². The zero-order chi connectivity index (χ0) is 23.9. The van der Waals surface area contributed by atoms with Crippen LogP contribution in [0, 0.1) is 5.82 Å². The van der Waals surface area contributed by atoms with Gasteiger partial charge in [0.1, 0.15) is 5.82 Å². The lowest BCUT2D eigenvalue weighted by molar-refractivity contribution is 0.385. The molecular formula is C24H21ClFN3O3S2. The third-order valence-electron chi connectivity index (χ3n) is 5.99. The first kappa shape index (κ1) is 23.0. The van der Waals surface area contributed by atoms with E-state index in [0.29, 0.717) is 48.0 Å². The first-order valence-electron chi connectivity index (χ1n) is 10.7. The molecule has 34 heavy (non-hydrogen) atoms. The van der Waals surface area contributed by atoms with Crippen LogP contribution >= 0.6 is 22.9 Å². The van der Waals surface area contributed by atoms with Crippen molar-refractivity contribution in [3.05, 3.63) is 92.8 Å². The van der Waals surface area contributed by atoms with Crippen LogP contribution in [-0.2, 0) is 16.6 Å². The van der Waals surface area contributed by atoms with Crippen LogP contribution in [-0.4, -0.2) is 43.5 Å². The monoisotopic (exact) mass is 517 g/mol. The Morgan fingerprint density at radius 2 is 1.65 bits per heavy atom. The summed E-state index contributed by atoms with van der Waals surface area (Å²) in [6, 6.07) is 18.3. The molecular weight excluding hydrogens is 497 g/mol. The maximum absolute atomic E-state index is 13.3. The number of hydrogen-bond donors (Lipinski definition) is 0. The number of sulfonamides is 1. The average molecular weight is 518 g/mol. The van der Waals surface area contributed by atoms with Gasteiger partial charge in [-0.1, -0.05) is 41.1 Å². The summed E-state index contributed by atoms with van der Waals surface area (Å²) in [5.41, 5.74) is 2.36. The second-order valence-electron chi connectivity index (χ2n) is 8.04. The maximum Gasteiger partial charge on any atom is 0.308 e. The fraction of sp³-hybridized carbons (Fsp3) is 0.208. The van der Waals surface area contributed by atoms with Crippen LogP contribution in [0.25, 0.3) is 10.2 Å². The third-order valence-corrected chi connectivity index (χ3v) is 9.20. The topological polar surface area (TPSA) is 62.6 Å². The van der Waals surface area contributed by atoms with E-state index in [1.54, 1.807) is 41.0 Å². The van der Waals surface area contributed by atoms with Gasteiger partial charge in [0.25, 0.3) is 0 Å². The molecule has 0 saturated carbocycles. The Balaban J connectivity index is 1.37. The second kappa shape index (κ2) is 9.14. The highest BCUT2D eigenvalue weighted by atomic mass is 35.5. The Labute approximate surface area is 205 Å². The minimum Gasteiger partial charge on any atom is -0.369 e. The molecule has 1 aliphatic heterocycles. The van der Waals surface area contributed by atoms with E-state index in [-0.39, 0.29) is 15.6 Å². The summed E-state index contributed by atoms with van der Waals surface area (Å²) in [6.07, 6.45) is 0. The molecule has 2 heterocycles. The molecule has 0 aliphatic carbocycles. The summed E-state index contributed by atoms with van der Waals surface area (Å²) in [5, 5.41) is 0.577. The number of aromatic nitrogens is 1. The van der Waals surface area contributed by atoms with Gasteiger partial charge in [-0.3, -0.25) is 9.36 Å². The molecule has 10 heteroatoms. The number of nitrogens with zero attached hydrogens (tertiary/aromatic N) is 3. The standard InChI is InChI=1S/C24H21ClFN3O3S2/c25-21-4-2-1-3-17(21)16-29-22-10-9-20(15-23(22)33-24(29)30)34(31,32)28-13-11-27(12-14-28)19-7-5-18(26)6-8-19/h1-10,15H,11-14,16H2. The Hall–Kier alpha value is -2.72. The van der Waals surface area contributed by atoms with Crippen molar-refractivity contribution >= 4 is 48.9 Å². The van der Waals surface area contributed by atoms with Crippen LogP contribution in [0.5, 0.6) is 0 Å². The molecule has 1 aliphatic rings. The quantitative estimate of drug-likeness (QED) is 0.393. The summed E-state index contributed by atoms with van der Waals surface area (Å²) in [7, 11) is -3.71. The van der Waals surface area contributed by atoms with E-state index >= 15 is 0 Å². The van der Waals surface area contributed by atoms with Gasteiger partial charge in [0.05, 0.1) is 21.7 Å². The number of rotatable bonds is 5. The van der Waals surface area contributed by atoms with Crippen LogP contribution in [0.2, 0.25) is 5.02 Å². The largest absolute Gasteiger partial charge is 0.369 e. The van der Waals surface area contributed by atoms with Crippen molar-refractivity contribution in [3.8, 4) is 0 Å². The van der Waals surface area contributed by atoms with Crippen molar-refractivity contribution in [2.75, 3.05) is 31.1 Å². The first-order valence-corrected chi connectivity index (χ1v) is 13.3. The number of halogens is 2. The van der Waals surface area contributed by atoms with Gasteiger partial charge in [0.15, 0.2) is 0 Å². The van der Waals surface area contributed by atoms with Gasteiger partial charge in [-0.25, -0.2) is 12.8 Å². The third kappa shape index (κ3) is 4.36. The van der Waals surface area contributed by atoms with Crippen molar-refractivity contribution in [1.82, 2.24) is 8.87 Å². The molecule has 0 spiro atoms. The molecule has 0 bridgehead atoms. The van der Waals surface area contributed by atoms with Gasteiger partial charge in [0, 0.05) is 36.9 Å². The molecule has 0 amide bonds. The maximum atomic E-state index is 13.3. The summed E-state index contributed by atoms with van der Waals surface area (Å²) < 4.78 is 43.5. The van der Waals surface area contributed by atoms with Crippen molar-refractivity contribution in [2.45, 2.75) is 11.4 Å². The summed E-state index contributed by atoms with van der Waals surface area (Å²) in [5.74, 6) is -0.302. The smallest absolute Gasteiger partial charge is 0.308 e. The van der Waals surface area contributed by atoms with E-state index in [9.17, 15) is 17.6 Å². The second-order valence-corrected chi connectivity index (χ2v) is 11.4. The molecule has 4 aromatic rings. The van der Waals surface area contributed by atoms with E-state index in [1.165, 1.54) is 16.4 Å². The number of piperazine rings is 1. The number of benzene rings is 3. The Morgan fingerprint density at radius 3 is 2.35 bits per heavy atom.